The second-order valence-corrected chi connectivity index (χ2v) is 4.76. The molecule has 0 fully saturated rings. The predicted molar refractivity (Wildman–Crippen MR) is 69.6 cm³/mol. The zero-order valence-electron chi connectivity index (χ0n) is 11.2. The third kappa shape index (κ3) is 3.10. The van der Waals surface area contributed by atoms with Crippen LogP contribution in [0, 0.1) is 11.3 Å². The van der Waals surface area contributed by atoms with Crippen molar-refractivity contribution in [2.45, 2.75) is 25.8 Å². The van der Waals surface area contributed by atoms with Crippen LogP contribution in [0.1, 0.15) is 29.8 Å². The summed E-state index contributed by atoms with van der Waals surface area (Å²) in [6.07, 6.45) is 0.283. The Morgan fingerprint density at radius 3 is 2.26 bits per heavy atom. The first-order valence-corrected chi connectivity index (χ1v) is 5.78. The predicted octanol–water partition coefficient (Wildman–Crippen LogP) is 1.69. The van der Waals surface area contributed by atoms with E-state index in [9.17, 15) is 9.59 Å². The second-order valence-electron chi connectivity index (χ2n) is 4.76. The van der Waals surface area contributed by atoms with Crippen LogP contribution in [0.25, 0.3) is 0 Å². The zero-order chi connectivity index (χ0) is 14.6. The molecule has 0 atom stereocenters. The SMILES string of the molecule is CN(C(=O)c1ccc(CC#N)cc1)C(C)(C)C(=O)O. The standard InChI is InChI=1S/C14H16N2O3/c1-14(2,13(18)19)16(3)12(17)11-6-4-10(5-7-11)8-9-15/h4-7H,8H2,1-3H3,(H,18,19). The Morgan fingerprint density at radius 2 is 1.84 bits per heavy atom. The van der Waals surface area contributed by atoms with Gasteiger partial charge in [0.2, 0.25) is 0 Å². The molecule has 1 aromatic rings. The topological polar surface area (TPSA) is 81.4 Å². The highest BCUT2D eigenvalue weighted by atomic mass is 16.4. The van der Waals surface area contributed by atoms with Crippen LogP contribution in [-0.2, 0) is 11.2 Å². The van der Waals surface area contributed by atoms with E-state index in [-0.39, 0.29) is 12.3 Å². The first-order chi connectivity index (χ1) is 8.80. The van der Waals surface area contributed by atoms with E-state index in [1.807, 2.05) is 6.07 Å². The number of benzene rings is 1. The minimum Gasteiger partial charge on any atom is -0.480 e. The molecule has 1 aromatic carbocycles. The van der Waals surface area contributed by atoms with E-state index in [1.54, 1.807) is 24.3 Å². The van der Waals surface area contributed by atoms with Crippen LogP contribution in [0.15, 0.2) is 24.3 Å². The molecule has 0 radical (unpaired) electrons. The van der Waals surface area contributed by atoms with E-state index >= 15 is 0 Å². The van der Waals surface area contributed by atoms with Gasteiger partial charge >= 0.3 is 5.97 Å². The van der Waals surface area contributed by atoms with Crippen LogP contribution < -0.4 is 0 Å². The lowest BCUT2D eigenvalue weighted by Crippen LogP contribution is -2.50. The van der Waals surface area contributed by atoms with Crippen LogP contribution in [0.5, 0.6) is 0 Å². The molecule has 0 heterocycles. The number of hydrogen-bond donors (Lipinski definition) is 1. The number of carboxylic acid groups (broad SMARTS) is 1. The number of amides is 1. The van der Waals surface area contributed by atoms with Crippen LogP contribution in [0.2, 0.25) is 0 Å². The lowest BCUT2D eigenvalue weighted by Gasteiger charge is -2.31. The summed E-state index contributed by atoms with van der Waals surface area (Å²) in [6, 6.07) is 8.61. The average molecular weight is 260 g/mol. The molecule has 1 rings (SSSR count). The Hall–Kier alpha value is -2.35. The third-order valence-electron chi connectivity index (χ3n) is 3.15. The van der Waals surface area contributed by atoms with Crippen molar-refractivity contribution in [3.05, 3.63) is 35.4 Å². The number of hydrogen-bond acceptors (Lipinski definition) is 3. The Balaban J connectivity index is 2.95. The molecular formula is C14H16N2O3. The molecule has 100 valence electrons. The number of likely N-dealkylation sites (N-methyl/N-ethyl adjacent to an activating group) is 1. The summed E-state index contributed by atoms with van der Waals surface area (Å²) >= 11 is 0. The molecule has 0 saturated heterocycles. The number of carbonyl (C=O) groups is 2. The van der Waals surface area contributed by atoms with Crippen molar-refractivity contribution in [2.75, 3.05) is 7.05 Å². The van der Waals surface area contributed by atoms with Gasteiger partial charge in [0, 0.05) is 12.6 Å². The first-order valence-electron chi connectivity index (χ1n) is 5.78. The summed E-state index contributed by atoms with van der Waals surface area (Å²) in [6.45, 7) is 2.94. The summed E-state index contributed by atoms with van der Waals surface area (Å²) < 4.78 is 0. The quantitative estimate of drug-likeness (QED) is 0.893. The van der Waals surface area contributed by atoms with Gasteiger partial charge < -0.3 is 10.0 Å². The van der Waals surface area contributed by atoms with Gasteiger partial charge in [-0.3, -0.25) is 4.79 Å². The highest BCUT2D eigenvalue weighted by molar-refractivity contribution is 5.97. The number of carbonyl (C=O) groups excluding carboxylic acids is 1. The largest absolute Gasteiger partial charge is 0.480 e. The van der Waals surface area contributed by atoms with Crippen molar-refractivity contribution < 1.29 is 14.7 Å². The van der Waals surface area contributed by atoms with Crippen molar-refractivity contribution in [2.24, 2.45) is 0 Å². The summed E-state index contributed by atoms with van der Waals surface area (Å²) in [4.78, 5) is 24.5. The maximum absolute atomic E-state index is 12.2. The molecule has 1 N–H and O–H groups in total. The molecule has 0 bridgehead atoms. The van der Waals surface area contributed by atoms with Crippen molar-refractivity contribution >= 4 is 11.9 Å². The summed E-state index contributed by atoms with van der Waals surface area (Å²) in [5, 5.41) is 17.7. The molecule has 5 heteroatoms. The van der Waals surface area contributed by atoms with Gasteiger partial charge in [-0.15, -0.1) is 0 Å². The van der Waals surface area contributed by atoms with Gasteiger partial charge in [0.15, 0.2) is 0 Å². The Kier molecular flexibility index (Phi) is 4.28. The minimum atomic E-state index is -1.28. The van der Waals surface area contributed by atoms with Crippen molar-refractivity contribution in [1.29, 1.82) is 5.26 Å². The van der Waals surface area contributed by atoms with Gasteiger partial charge in [0.25, 0.3) is 5.91 Å². The molecule has 0 saturated carbocycles. The molecule has 5 nitrogen and oxygen atoms in total. The highest BCUT2D eigenvalue weighted by Gasteiger charge is 2.35. The maximum atomic E-state index is 12.2. The van der Waals surface area contributed by atoms with Gasteiger partial charge in [-0.1, -0.05) is 12.1 Å². The number of rotatable bonds is 4. The number of nitrogens with zero attached hydrogens (tertiary/aromatic N) is 2. The highest BCUT2D eigenvalue weighted by Crippen LogP contribution is 2.16. The summed E-state index contributed by atoms with van der Waals surface area (Å²) in [7, 11) is 1.46. The van der Waals surface area contributed by atoms with Crippen molar-refractivity contribution in [1.82, 2.24) is 4.90 Å². The summed E-state index contributed by atoms with van der Waals surface area (Å²) in [5.74, 6) is -1.43. The molecule has 0 unspecified atom stereocenters. The normalized spacial score (nSPS) is 10.6. The Bertz CT molecular complexity index is 527. The van der Waals surface area contributed by atoms with Crippen LogP contribution in [-0.4, -0.2) is 34.5 Å². The van der Waals surface area contributed by atoms with E-state index in [0.717, 1.165) is 5.56 Å². The third-order valence-corrected chi connectivity index (χ3v) is 3.15. The lowest BCUT2D eigenvalue weighted by atomic mass is 10.0. The zero-order valence-corrected chi connectivity index (χ0v) is 11.2. The molecule has 0 spiro atoms. The molecule has 0 aliphatic carbocycles. The van der Waals surface area contributed by atoms with Gasteiger partial charge in [0.05, 0.1) is 12.5 Å². The van der Waals surface area contributed by atoms with Gasteiger partial charge in [-0.25, -0.2) is 4.79 Å². The van der Waals surface area contributed by atoms with E-state index in [1.165, 1.54) is 25.8 Å². The van der Waals surface area contributed by atoms with Crippen LogP contribution in [0.4, 0.5) is 0 Å². The average Bonchev–Trinajstić information content (AvgIpc) is 2.38. The summed E-state index contributed by atoms with van der Waals surface area (Å²) in [5.41, 5.74) is -0.0553. The Labute approximate surface area is 112 Å². The van der Waals surface area contributed by atoms with Crippen molar-refractivity contribution in [3.63, 3.8) is 0 Å². The fourth-order valence-corrected chi connectivity index (χ4v) is 1.45. The first kappa shape index (κ1) is 14.7. The molecule has 0 aromatic heterocycles. The molecular weight excluding hydrogens is 244 g/mol. The second kappa shape index (κ2) is 5.53. The van der Waals surface area contributed by atoms with Gasteiger partial charge in [0.1, 0.15) is 5.54 Å². The minimum absolute atomic E-state index is 0.283. The maximum Gasteiger partial charge on any atom is 0.329 e. The fraction of sp³-hybridized carbons (Fsp3) is 0.357. The molecule has 0 aliphatic heterocycles. The van der Waals surface area contributed by atoms with E-state index in [4.69, 9.17) is 10.4 Å². The smallest absolute Gasteiger partial charge is 0.329 e. The van der Waals surface area contributed by atoms with Crippen LogP contribution in [0.3, 0.4) is 0 Å². The monoisotopic (exact) mass is 260 g/mol. The van der Waals surface area contributed by atoms with Crippen LogP contribution >= 0.6 is 0 Å². The van der Waals surface area contributed by atoms with E-state index < -0.39 is 11.5 Å². The fourth-order valence-electron chi connectivity index (χ4n) is 1.45. The molecule has 1 amide bonds. The van der Waals surface area contributed by atoms with Crippen molar-refractivity contribution in [3.8, 4) is 6.07 Å². The van der Waals surface area contributed by atoms with Gasteiger partial charge in [-0.05, 0) is 31.5 Å². The molecule has 0 aliphatic rings. The van der Waals surface area contributed by atoms with E-state index in [0.29, 0.717) is 5.56 Å². The number of carboxylic acids is 1. The van der Waals surface area contributed by atoms with Gasteiger partial charge in [-0.2, -0.15) is 5.26 Å². The molecule has 19 heavy (non-hydrogen) atoms. The Morgan fingerprint density at radius 1 is 1.32 bits per heavy atom. The number of aliphatic carboxylic acids is 1. The lowest BCUT2D eigenvalue weighted by molar-refractivity contribution is -0.147. The number of nitriles is 1. The van der Waals surface area contributed by atoms with E-state index in [2.05, 4.69) is 0 Å².